The van der Waals surface area contributed by atoms with Gasteiger partial charge in [0.1, 0.15) is 6.54 Å². The largest absolute Gasteiger partial charge is 0.461 e. The molecule has 1 aliphatic heterocycles. The van der Waals surface area contributed by atoms with Crippen molar-refractivity contribution >= 4 is 40.6 Å². The molecular weight excluding hydrogens is 348 g/mol. The second kappa shape index (κ2) is 7.93. The van der Waals surface area contributed by atoms with Crippen LogP contribution in [0.25, 0.3) is 6.08 Å². The van der Waals surface area contributed by atoms with Crippen LogP contribution in [0.4, 0.5) is 10.5 Å². The number of ether oxygens (including phenoxy) is 1. The molecule has 132 valence electrons. The number of benzene rings is 1. The Morgan fingerprint density at radius 2 is 2.00 bits per heavy atom. The number of non-ortho nitro benzene ring substituents is 1. The summed E-state index contributed by atoms with van der Waals surface area (Å²) < 4.78 is 5.07. The average Bonchev–Trinajstić information content (AvgIpc) is 2.82. The fourth-order valence-corrected chi connectivity index (χ4v) is 2.79. The van der Waals surface area contributed by atoms with Gasteiger partial charge in [-0.2, -0.15) is 0 Å². The lowest BCUT2D eigenvalue weighted by Gasteiger charge is -2.14. The fourth-order valence-electron chi connectivity index (χ4n) is 1.95. The molecule has 1 atom stereocenters. The fraction of sp³-hybridized carbons (Fsp3) is 0.312. The molecule has 0 N–H and O–H groups in total. The smallest absolute Gasteiger partial charge is 0.326 e. The predicted octanol–water partition coefficient (Wildman–Crippen LogP) is 2.97. The summed E-state index contributed by atoms with van der Waals surface area (Å²) >= 11 is 0.711. The zero-order chi connectivity index (χ0) is 18.6. The van der Waals surface area contributed by atoms with Crippen LogP contribution in [-0.4, -0.2) is 39.6 Å². The minimum Gasteiger partial charge on any atom is -0.461 e. The van der Waals surface area contributed by atoms with E-state index in [4.69, 9.17) is 4.74 Å². The van der Waals surface area contributed by atoms with Gasteiger partial charge in [-0.3, -0.25) is 29.4 Å². The van der Waals surface area contributed by atoms with Crippen LogP contribution in [0.2, 0.25) is 0 Å². The minimum atomic E-state index is -0.645. The molecule has 0 saturated carbocycles. The van der Waals surface area contributed by atoms with Gasteiger partial charge in [-0.15, -0.1) is 0 Å². The van der Waals surface area contributed by atoms with Crippen molar-refractivity contribution in [3.8, 4) is 0 Å². The Bertz CT molecular complexity index is 743. The summed E-state index contributed by atoms with van der Waals surface area (Å²) in [4.78, 5) is 47.1. The number of hydrogen-bond donors (Lipinski definition) is 0. The van der Waals surface area contributed by atoms with E-state index in [9.17, 15) is 24.5 Å². The summed E-state index contributed by atoms with van der Waals surface area (Å²) in [6.45, 7) is 3.14. The van der Waals surface area contributed by atoms with Crippen molar-refractivity contribution in [1.29, 1.82) is 0 Å². The molecule has 1 fully saturated rings. The monoisotopic (exact) mass is 364 g/mol. The van der Waals surface area contributed by atoms with Gasteiger partial charge in [0.05, 0.1) is 15.9 Å². The molecule has 9 heteroatoms. The van der Waals surface area contributed by atoms with Crippen LogP contribution in [0, 0.1) is 10.1 Å². The number of nitro benzene ring substituents is 1. The van der Waals surface area contributed by atoms with Gasteiger partial charge in [0, 0.05) is 12.1 Å². The van der Waals surface area contributed by atoms with Gasteiger partial charge in [-0.05, 0) is 48.9 Å². The zero-order valence-electron chi connectivity index (χ0n) is 13.6. The molecule has 25 heavy (non-hydrogen) atoms. The Labute approximate surface area is 148 Å². The molecule has 0 unspecified atom stereocenters. The lowest BCUT2D eigenvalue weighted by molar-refractivity contribution is -0.384. The molecule has 1 heterocycles. The molecule has 0 aliphatic carbocycles. The van der Waals surface area contributed by atoms with E-state index in [0.29, 0.717) is 23.7 Å². The Kier molecular flexibility index (Phi) is 5.92. The van der Waals surface area contributed by atoms with Crippen LogP contribution in [0.5, 0.6) is 0 Å². The number of hydrogen-bond acceptors (Lipinski definition) is 7. The van der Waals surface area contributed by atoms with Crippen molar-refractivity contribution in [2.45, 2.75) is 26.4 Å². The quantitative estimate of drug-likeness (QED) is 0.330. The number of nitro groups is 1. The summed E-state index contributed by atoms with van der Waals surface area (Å²) in [5.41, 5.74) is 0.469. The molecule has 0 spiro atoms. The van der Waals surface area contributed by atoms with Crippen molar-refractivity contribution in [2.24, 2.45) is 0 Å². The first-order chi connectivity index (χ1) is 11.8. The lowest BCUT2D eigenvalue weighted by Crippen LogP contribution is -2.35. The van der Waals surface area contributed by atoms with Gasteiger partial charge in [-0.1, -0.05) is 6.92 Å². The number of carbonyl (C=O) groups excluding carboxylic acids is 3. The minimum absolute atomic E-state index is 0.0713. The highest BCUT2D eigenvalue weighted by molar-refractivity contribution is 8.18. The molecule has 8 nitrogen and oxygen atoms in total. The Morgan fingerprint density at radius 3 is 2.56 bits per heavy atom. The van der Waals surface area contributed by atoms with Gasteiger partial charge < -0.3 is 4.74 Å². The third-order valence-corrected chi connectivity index (χ3v) is 4.38. The maximum Gasteiger partial charge on any atom is 0.326 e. The van der Waals surface area contributed by atoms with Crippen LogP contribution < -0.4 is 0 Å². The molecule has 1 saturated heterocycles. The van der Waals surface area contributed by atoms with Gasteiger partial charge in [-0.25, -0.2) is 0 Å². The van der Waals surface area contributed by atoms with Crippen molar-refractivity contribution in [3.05, 3.63) is 44.8 Å². The van der Waals surface area contributed by atoms with E-state index in [0.717, 1.165) is 4.90 Å². The first-order valence-corrected chi connectivity index (χ1v) is 8.32. The third-order valence-electron chi connectivity index (χ3n) is 3.47. The highest BCUT2D eigenvalue weighted by Gasteiger charge is 2.36. The lowest BCUT2D eigenvalue weighted by atomic mass is 10.2. The van der Waals surface area contributed by atoms with Gasteiger partial charge in [0.15, 0.2) is 0 Å². The van der Waals surface area contributed by atoms with E-state index in [1.807, 2.05) is 6.92 Å². The van der Waals surface area contributed by atoms with Crippen LogP contribution in [0.1, 0.15) is 25.8 Å². The molecular formula is C16H16N2O6S. The molecule has 1 aliphatic rings. The second-order valence-electron chi connectivity index (χ2n) is 5.33. The number of carbonyl (C=O) groups is 3. The Hall–Kier alpha value is -2.68. The summed E-state index contributed by atoms with van der Waals surface area (Å²) in [6, 6.07) is 5.56. The van der Waals surface area contributed by atoms with Gasteiger partial charge >= 0.3 is 5.97 Å². The van der Waals surface area contributed by atoms with E-state index >= 15 is 0 Å². The SMILES string of the molecule is CC[C@@H](C)OC(=O)CN1C(=O)S/C(=C/c2ccc([N+](=O)[O-])cc2)C1=O. The van der Waals surface area contributed by atoms with E-state index in [1.165, 1.54) is 30.3 Å². The molecule has 2 rings (SSSR count). The molecule has 1 aromatic rings. The summed E-state index contributed by atoms with van der Waals surface area (Å²) in [6.07, 6.45) is 1.80. The Balaban J connectivity index is 2.09. The van der Waals surface area contributed by atoms with E-state index in [-0.39, 0.29) is 16.7 Å². The summed E-state index contributed by atoms with van der Waals surface area (Å²) in [5, 5.41) is 10.1. The molecule has 1 aromatic carbocycles. The van der Waals surface area contributed by atoms with E-state index < -0.39 is 28.6 Å². The van der Waals surface area contributed by atoms with E-state index in [2.05, 4.69) is 0 Å². The first kappa shape index (κ1) is 18.7. The molecule has 0 radical (unpaired) electrons. The number of nitrogens with zero attached hydrogens (tertiary/aromatic N) is 2. The number of amides is 2. The van der Waals surface area contributed by atoms with Crippen LogP contribution in [0.3, 0.4) is 0 Å². The molecule has 0 bridgehead atoms. The van der Waals surface area contributed by atoms with Crippen molar-refractivity contribution < 1.29 is 24.0 Å². The number of thioether (sulfide) groups is 1. The first-order valence-electron chi connectivity index (χ1n) is 7.51. The summed E-state index contributed by atoms with van der Waals surface area (Å²) in [7, 11) is 0. The molecule has 0 aromatic heterocycles. The van der Waals surface area contributed by atoms with E-state index in [1.54, 1.807) is 6.92 Å². The number of imide groups is 1. The normalized spacial score (nSPS) is 17.0. The highest BCUT2D eigenvalue weighted by Crippen LogP contribution is 2.32. The standard InChI is InChI=1S/C16H16N2O6S/c1-3-10(2)24-14(19)9-17-15(20)13(25-16(17)21)8-11-4-6-12(7-5-11)18(22)23/h4-8,10H,3,9H2,1-2H3/b13-8+/t10-/m1/s1. The predicted molar refractivity (Wildman–Crippen MR) is 91.6 cm³/mol. The van der Waals surface area contributed by atoms with Gasteiger partial charge in [0.2, 0.25) is 0 Å². The topological polar surface area (TPSA) is 107 Å². The zero-order valence-corrected chi connectivity index (χ0v) is 14.4. The molecule has 2 amide bonds. The second-order valence-corrected chi connectivity index (χ2v) is 6.32. The van der Waals surface area contributed by atoms with Crippen molar-refractivity contribution in [1.82, 2.24) is 4.90 Å². The third kappa shape index (κ3) is 4.66. The van der Waals surface area contributed by atoms with Crippen molar-refractivity contribution in [2.75, 3.05) is 6.54 Å². The highest BCUT2D eigenvalue weighted by atomic mass is 32.2. The van der Waals surface area contributed by atoms with Crippen LogP contribution >= 0.6 is 11.8 Å². The van der Waals surface area contributed by atoms with Gasteiger partial charge in [0.25, 0.3) is 16.8 Å². The van der Waals surface area contributed by atoms with Crippen LogP contribution in [-0.2, 0) is 14.3 Å². The average molecular weight is 364 g/mol. The maximum atomic E-state index is 12.3. The maximum absolute atomic E-state index is 12.3. The number of rotatable bonds is 6. The van der Waals surface area contributed by atoms with Crippen molar-refractivity contribution in [3.63, 3.8) is 0 Å². The Morgan fingerprint density at radius 1 is 1.36 bits per heavy atom. The number of esters is 1. The summed E-state index contributed by atoms with van der Waals surface area (Å²) in [5.74, 6) is -1.23. The van der Waals surface area contributed by atoms with Crippen LogP contribution in [0.15, 0.2) is 29.2 Å².